The van der Waals surface area contributed by atoms with Crippen molar-refractivity contribution in [3.63, 3.8) is 0 Å². The van der Waals surface area contributed by atoms with Crippen molar-refractivity contribution < 1.29 is 14.3 Å². The summed E-state index contributed by atoms with van der Waals surface area (Å²) in [7, 11) is 0. The second-order valence-electron chi connectivity index (χ2n) is 8.49. The van der Waals surface area contributed by atoms with Crippen LogP contribution in [0.1, 0.15) is 72.1 Å². The molecule has 1 N–H and O–H groups in total. The van der Waals surface area contributed by atoms with E-state index < -0.39 is 5.60 Å². The Morgan fingerprint density at radius 3 is 2.54 bits per heavy atom. The average Bonchev–Trinajstić information content (AvgIpc) is 2.91. The normalized spacial score (nSPS) is 19.7. The first-order valence-electron chi connectivity index (χ1n) is 9.55. The number of carbonyl (C=O) groups is 2. The lowest BCUT2D eigenvalue weighted by Gasteiger charge is -2.35. The summed E-state index contributed by atoms with van der Waals surface area (Å²) in [5.74, 6) is 1.04. The van der Waals surface area contributed by atoms with Crippen LogP contribution in [0.2, 0.25) is 0 Å². The summed E-state index contributed by atoms with van der Waals surface area (Å²) in [5.41, 5.74) is 1.62. The summed E-state index contributed by atoms with van der Waals surface area (Å²) in [4.78, 5) is 28.8. The molecule has 0 radical (unpaired) electrons. The maximum Gasteiger partial charge on any atom is 0.410 e. The highest BCUT2D eigenvalue weighted by atomic mass is 32.1. The fraction of sp³-hybridized carbons (Fsp3) is 0.700. The van der Waals surface area contributed by atoms with E-state index in [-0.39, 0.29) is 12.0 Å². The number of piperidine rings is 1. The molecule has 3 rings (SSSR count). The minimum atomic E-state index is -0.449. The number of nitrogens with one attached hydrogen (secondary N) is 1. The number of fused-ring (bicyclic) bond motifs is 1. The van der Waals surface area contributed by atoms with E-state index in [1.165, 1.54) is 9.75 Å². The van der Waals surface area contributed by atoms with E-state index in [9.17, 15) is 9.59 Å². The highest BCUT2D eigenvalue weighted by Crippen LogP contribution is 2.41. The molecule has 1 unspecified atom stereocenters. The molecular formula is C20H30N2O3S. The van der Waals surface area contributed by atoms with Crippen LogP contribution in [0.3, 0.4) is 0 Å². The zero-order valence-corrected chi connectivity index (χ0v) is 17.3. The molecule has 0 spiro atoms. The topological polar surface area (TPSA) is 58.6 Å². The third-order valence-electron chi connectivity index (χ3n) is 5.43. The molecule has 3 heterocycles. The largest absolute Gasteiger partial charge is 0.444 e. The zero-order chi connectivity index (χ0) is 19.1. The van der Waals surface area contributed by atoms with Crippen molar-refractivity contribution in [3.8, 4) is 0 Å². The molecule has 2 aliphatic rings. The van der Waals surface area contributed by atoms with Crippen molar-refractivity contribution in [3.05, 3.63) is 20.9 Å². The molecule has 6 heteroatoms. The Morgan fingerprint density at radius 2 is 1.96 bits per heavy atom. The molecule has 1 fully saturated rings. The van der Waals surface area contributed by atoms with Crippen LogP contribution in [0, 0.1) is 12.8 Å². The van der Waals surface area contributed by atoms with Crippen LogP contribution >= 0.6 is 11.3 Å². The molecule has 1 aromatic heterocycles. The maximum atomic E-state index is 12.2. The first kappa shape index (κ1) is 19.2. The lowest BCUT2D eigenvalue weighted by molar-refractivity contribution is 0.0176. The van der Waals surface area contributed by atoms with E-state index in [1.807, 2.05) is 37.0 Å². The second kappa shape index (κ2) is 7.22. The highest BCUT2D eigenvalue weighted by Gasteiger charge is 2.33. The van der Waals surface area contributed by atoms with E-state index in [0.717, 1.165) is 50.0 Å². The quantitative estimate of drug-likeness (QED) is 0.843. The van der Waals surface area contributed by atoms with Gasteiger partial charge >= 0.3 is 6.09 Å². The summed E-state index contributed by atoms with van der Waals surface area (Å²) in [6.45, 7) is 12.3. The van der Waals surface area contributed by atoms with Gasteiger partial charge in [0.25, 0.3) is 5.91 Å². The molecule has 5 nitrogen and oxygen atoms in total. The minimum Gasteiger partial charge on any atom is -0.444 e. The van der Waals surface area contributed by atoms with Gasteiger partial charge in [0.15, 0.2) is 0 Å². The van der Waals surface area contributed by atoms with Crippen molar-refractivity contribution >= 4 is 23.3 Å². The lowest BCUT2D eigenvalue weighted by Crippen LogP contribution is -2.42. The van der Waals surface area contributed by atoms with Crippen molar-refractivity contribution in [2.75, 3.05) is 19.6 Å². The number of hydrogen-bond acceptors (Lipinski definition) is 4. The smallest absolute Gasteiger partial charge is 0.410 e. The number of carbonyl (C=O) groups excluding carboxylic acids is 2. The second-order valence-corrected chi connectivity index (χ2v) is 9.63. The fourth-order valence-electron chi connectivity index (χ4n) is 4.00. The molecule has 0 aromatic carbocycles. The fourth-order valence-corrected chi connectivity index (χ4v) is 5.45. The Balaban J connectivity index is 1.65. The lowest BCUT2D eigenvalue weighted by atomic mass is 9.83. The number of ether oxygens (including phenoxy) is 1. The van der Waals surface area contributed by atoms with Crippen LogP contribution in [0.15, 0.2) is 0 Å². The van der Waals surface area contributed by atoms with E-state index in [2.05, 4.69) is 19.2 Å². The SMILES string of the molecule is Cc1c(C(C)C2CCN(C(=O)OC(C)(C)C)CC2)sc2c1C(=O)NCC2. The zero-order valence-electron chi connectivity index (χ0n) is 16.5. The Kier molecular flexibility index (Phi) is 5.33. The van der Waals surface area contributed by atoms with Gasteiger partial charge in [-0.25, -0.2) is 4.79 Å². The third-order valence-corrected chi connectivity index (χ3v) is 6.99. The summed E-state index contributed by atoms with van der Waals surface area (Å²) in [5, 5.41) is 2.96. The number of thiophene rings is 1. The van der Waals surface area contributed by atoms with Gasteiger partial charge in [-0.15, -0.1) is 11.3 Å². The molecule has 1 atom stereocenters. The molecule has 26 heavy (non-hydrogen) atoms. The molecule has 2 aliphatic heterocycles. The van der Waals surface area contributed by atoms with Gasteiger partial charge in [-0.2, -0.15) is 0 Å². The van der Waals surface area contributed by atoms with Crippen LogP contribution in [0.4, 0.5) is 4.79 Å². The third kappa shape index (κ3) is 3.90. The van der Waals surface area contributed by atoms with E-state index in [0.29, 0.717) is 11.8 Å². The Morgan fingerprint density at radius 1 is 1.31 bits per heavy atom. The van der Waals surface area contributed by atoms with Crippen LogP contribution < -0.4 is 5.32 Å². The van der Waals surface area contributed by atoms with Crippen LogP contribution in [0.25, 0.3) is 0 Å². The van der Waals surface area contributed by atoms with Crippen molar-refractivity contribution in [1.29, 1.82) is 0 Å². The van der Waals surface area contributed by atoms with Gasteiger partial charge in [-0.3, -0.25) is 4.79 Å². The van der Waals surface area contributed by atoms with Gasteiger partial charge in [-0.05, 0) is 64.4 Å². The molecule has 1 saturated heterocycles. The van der Waals surface area contributed by atoms with Crippen molar-refractivity contribution in [2.45, 2.75) is 65.4 Å². The van der Waals surface area contributed by atoms with Crippen LogP contribution in [0.5, 0.6) is 0 Å². The van der Waals surface area contributed by atoms with Gasteiger partial charge in [0.05, 0.1) is 5.56 Å². The molecule has 0 saturated carbocycles. The number of amides is 2. The standard InChI is InChI=1S/C20H30N2O3S/c1-12(17-13(2)16-15(26-17)6-9-21-18(16)23)14-7-10-22(11-8-14)19(24)25-20(3,4)5/h12,14H,6-11H2,1-5H3,(H,21,23). The van der Waals surface area contributed by atoms with Crippen molar-refractivity contribution in [1.82, 2.24) is 10.2 Å². The van der Waals surface area contributed by atoms with E-state index in [1.54, 1.807) is 0 Å². The van der Waals surface area contributed by atoms with E-state index >= 15 is 0 Å². The molecule has 1 aromatic rings. The Hall–Kier alpha value is -1.56. The monoisotopic (exact) mass is 378 g/mol. The van der Waals surface area contributed by atoms with Crippen LogP contribution in [-0.2, 0) is 11.2 Å². The van der Waals surface area contributed by atoms with Gasteiger partial charge in [0, 0.05) is 29.4 Å². The maximum absolute atomic E-state index is 12.2. The first-order chi connectivity index (χ1) is 12.2. The summed E-state index contributed by atoms with van der Waals surface area (Å²) in [6, 6.07) is 0. The van der Waals surface area contributed by atoms with Crippen LogP contribution in [-0.4, -0.2) is 42.1 Å². The summed E-state index contributed by atoms with van der Waals surface area (Å²) in [6.07, 6.45) is 2.70. The minimum absolute atomic E-state index is 0.0817. The van der Waals surface area contributed by atoms with Crippen molar-refractivity contribution in [2.24, 2.45) is 5.92 Å². The molecule has 144 valence electrons. The predicted octanol–water partition coefficient (Wildman–Crippen LogP) is 4.09. The average molecular weight is 379 g/mol. The number of hydrogen-bond donors (Lipinski definition) is 1. The molecule has 0 bridgehead atoms. The summed E-state index contributed by atoms with van der Waals surface area (Å²) < 4.78 is 5.49. The number of nitrogens with zero attached hydrogens (tertiary/aromatic N) is 1. The molecule has 2 amide bonds. The first-order valence-corrected chi connectivity index (χ1v) is 10.4. The highest BCUT2D eigenvalue weighted by molar-refractivity contribution is 7.12. The van der Waals surface area contributed by atoms with E-state index in [4.69, 9.17) is 4.74 Å². The van der Waals surface area contributed by atoms with Gasteiger partial charge in [0.2, 0.25) is 0 Å². The number of likely N-dealkylation sites (tertiary alicyclic amines) is 1. The summed E-state index contributed by atoms with van der Waals surface area (Å²) >= 11 is 1.82. The predicted molar refractivity (Wildman–Crippen MR) is 104 cm³/mol. The Labute approximate surface area is 160 Å². The van der Waals surface area contributed by atoms with Gasteiger partial charge < -0.3 is 15.0 Å². The Bertz CT molecular complexity index is 697. The van der Waals surface area contributed by atoms with Gasteiger partial charge in [-0.1, -0.05) is 6.92 Å². The number of rotatable bonds is 2. The molecule has 0 aliphatic carbocycles. The molecular weight excluding hydrogens is 348 g/mol. The van der Waals surface area contributed by atoms with Gasteiger partial charge in [0.1, 0.15) is 5.60 Å².